The summed E-state index contributed by atoms with van der Waals surface area (Å²) in [4.78, 5) is 55.7. The maximum atomic E-state index is 13.2. The van der Waals surface area contributed by atoms with E-state index in [1.165, 1.54) is 0 Å². The van der Waals surface area contributed by atoms with E-state index in [-0.39, 0.29) is 30.2 Å². The predicted molar refractivity (Wildman–Crippen MR) is 215 cm³/mol. The highest BCUT2D eigenvalue weighted by molar-refractivity contribution is 7.87. The molecule has 304 valence electrons. The minimum absolute atomic E-state index is 0.00164. The van der Waals surface area contributed by atoms with Crippen LogP contribution in [0.25, 0.3) is 0 Å². The summed E-state index contributed by atoms with van der Waals surface area (Å²) in [6.45, 7) is 7.14. The number of hydrogen-bond donors (Lipinski definition) is 7. The molecular formula is C39H61N9O6S. The van der Waals surface area contributed by atoms with Gasteiger partial charge in [0.05, 0.1) is 6.54 Å². The van der Waals surface area contributed by atoms with Crippen molar-refractivity contribution in [2.24, 2.45) is 5.73 Å². The van der Waals surface area contributed by atoms with Gasteiger partial charge < -0.3 is 36.8 Å². The molecule has 1 heterocycles. The molecule has 55 heavy (non-hydrogen) atoms. The van der Waals surface area contributed by atoms with E-state index in [1.54, 1.807) is 24.3 Å². The van der Waals surface area contributed by atoms with Crippen LogP contribution in [0.4, 0.5) is 11.4 Å². The Hall–Kier alpha value is -3.93. The third kappa shape index (κ3) is 17.2. The van der Waals surface area contributed by atoms with Gasteiger partial charge in [-0.3, -0.25) is 19.2 Å². The Kier molecular flexibility index (Phi) is 18.5. The standard InChI is InChI=1S/C39H61N9O6S/c1-30-10-14-32(15-11-30)43-36(49)18-22-47-24-26-48(27-25-47)23-19-37(50)44-33-16-12-31(13-17-33)28-35(39(52)41-21-7-3-6-20-40)45-38(51)29-42-55(53,54)46-34-8-4-2-5-9-34/h10-17,34-35,42,46H,2-9,18-29,40H2,1H3,(H,41,52)(H,43,49)(H,44,50)(H,45,51)/t35-/m0/s1. The molecule has 1 saturated carbocycles. The fourth-order valence-corrected chi connectivity index (χ4v) is 7.76. The molecule has 1 aliphatic carbocycles. The Morgan fingerprint density at radius 3 is 1.89 bits per heavy atom. The van der Waals surface area contributed by atoms with E-state index in [0.717, 1.165) is 94.4 Å². The minimum atomic E-state index is -3.88. The first kappa shape index (κ1) is 43.8. The Bertz CT molecular complexity index is 1610. The Balaban J connectivity index is 1.18. The predicted octanol–water partition coefficient (Wildman–Crippen LogP) is 2.00. The van der Waals surface area contributed by atoms with Crippen LogP contribution in [0.2, 0.25) is 0 Å². The van der Waals surface area contributed by atoms with Gasteiger partial charge in [-0.1, -0.05) is 55.5 Å². The van der Waals surface area contributed by atoms with Gasteiger partial charge in [0.2, 0.25) is 23.6 Å². The van der Waals surface area contributed by atoms with E-state index >= 15 is 0 Å². The van der Waals surface area contributed by atoms with Crippen LogP contribution >= 0.6 is 0 Å². The fraction of sp³-hybridized carbons (Fsp3) is 0.590. The average Bonchev–Trinajstić information content (AvgIpc) is 3.17. The van der Waals surface area contributed by atoms with Gasteiger partial charge in [0.25, 0.3) is 10.2 Å². The number of anilines is 2. The van der Waals surface area contributed by atoms with E-state index < -0.39 is 28.7 Å². The molecule has 0 unspecified atom stereocenters. The Labute approximate surface area is 326 Å². The molecule has 0 radical (unpaired) electrons. The molecule has 4 rings (SSSR count). The van der Waals surface area contributed by atoms with Crippen LogP contribution in [0.5, 0.6) is 0 Å². The van der Waals surface area contributed by atoms with Crippen molar-refractivity contribution in [1.82, 2.24) is 29.9 Å². The van der Waals surface area contributed by atoms with Crippen LogP contribution in [0, 0.1) is 6.92 Å². The molecule has 0 aromatic heterocycles. The molecule has 2 fully saturated rings. The van der Waals surface area contributed by atoms with Crippen molar-refractivity contribution in [1.29, 1.82) is 0 Å². The van der Waals surface area contributed by atoms with Crippen LogP contribution in [-0.2, 0) is 35.8 Å². The summed E-state index contributed by atoms with van der Waals surface area (Å²) in [6.07, 6.45) is 7.93. The maximum Gasteiger partial charge on any atom is 0.277 e. The Morgan fingerprint density at radius 1 is 0.764 bits per heavy atom. The summed E-state index contributed by atoms with van der Waals surface area (Å²) in [5.74, 6) is -1.10. The summed E-state index contributed by atoms with van der Waals surface area (Å²) < 4.78 is 30.0. The zero-order valence-corrected chi connectivity index (χ0v) is 33.1. The van der Waals surface area contributed by atoms with Crippen molar-refractivity contribution < 1.29 is 27.6 Å². The molecule has 0 bridgehead atoms. The van der Waals surface area contributed by atoms with Crippen molar-refractivity contribution in [3.63, 3.8) is 0 Å². The quantitative estimate of drug-likeness (QED) is 0.0871. The number of benzene rings is 2. The van der Waals surface area contributed by atoms with E-state index in [4.69, 9.17) is 5.73 Å². The second kappa shape index (κ2) is 23.2. The first-order chi connectivity index (χ1) is 26.5. The number of aryl methyl sites for hydroxylation is 1. The van der Waals surface area contributed by atoms with Gasteiger partial charge in [-0.15, -0.1) is 0 Å². The van der Waals surface area contributed by atoms with Crippen molar-refractivity contribution >= 4 is 45.2 Å². The van der Waals surface area contributed by atoms with Crippen LogP contribution in [-0.4, -0.2) is 113 Å². The Morgan fingerprint density at radius 2 is 1.33 bits per heavy atom. The average molecular weight is 784 g/mol. The lowest BCUT2D eigenvalue weighted by Crippen LogP contribution is -2.52. The summed E-state index contributed by atoms with van der Waals surface area (Å²) in [5, 5.41) is 11.4. The molecule has 0 spiro atoms. The highest BCUT2D eigenvalue weighted by Gasteiger charge is 2.24. The van der Waals surface area contributed by atoms with Crippen molar-refractivity contribution in [2.45, 2.75) is 89.6 Å². The summed E-state index contributed by atoms with van der Waals surface area (Å²) >= 11 is 0. The van der Waals surface area contributed by atoms with Gasteiger partial charge in [-0.2, -0.15) is 17.9 Å². The van der Waals surface area contributed by atoms with E-state index in [0.29, 0.717) is 44.7 Å². The highest BCUT2D eigenvalue weighted by atomic mass is 32.2. The van der Waals surface area contributed by atoms with E-state index in [1.807, 2.05) is 31.2 Å². The molecule has 2 aliphatic rings. The smallest absolute Gasteiger partial charge is 0.277 e. The second-order valence-electron chi connectivity index (χ2n) is 14.6. The highest BCUT2D eigenvalue weighted by Crippen LogP contribution is 2.18. The molecule has 2 aromatic rings. The number of rotatable bonds is 22. The zero-order valence-electron chi connectivity index (χ0n) is 32.2. The molecule has 4 amide bonds. The van der Waals surface area contributed by atoms with Crippen molar-refractivity contribution in [3.05, 3.63) is 59.7 Å². The summed E-state index contributed by atoms with van der Waals surface area (Å²) in [5.41, 5.74) is 8.89. The zero-order chi connectivity index (χ0) is 39.5. The van der Waals surface area contributed by atoms with Gasteiger partial charge in [0.1, 0.15) is 6.04 Å². The number of nitrogens with two attached hydrogens (primary N) is 1. The van der Waals surface area contributed by atoms with Gasteiger partial charge >= 0.3 is 0 Å². The molecule has 15 nitrogen and oxygen atoms in total. The number of unbranched alkanes of at least 4 members (excludes halogenated alkanes) is 2. The number of nitrogens with zero attached hydrogens (tertiary/aromatic N) is 2. The number of piperazine rings is 1. The van der Waals surface area contributed by atoms with E-state index in [9.17, 15) is 27.6 Å². The van der Waals surface area contributed by atoms with Crippen LogP contribution in [0.3, 0.4) is 0 Å². The SMILES string of the molecule is Cc1ccc(NC(=O)CCN2CCN(CCC(=O)Nc3ccc(C[C@H](NC(=O)CNS(=O)(=O)NC4CCCCC4)C(=O)NCCCCCN)cc3)CC2)cc1. The van der Waals surface area contributed by atoms with Gasteiger partial charge in [-0.05, 0) is 69.0 Å². The van der Waals surface area contributed by atoms with Crippen LogP contribution < -0.4 is 36.4 Å². The summed E-state index contributed by atoms with van der Waals surface area (Å²) in [6, 6.07) is 13.8. The fourth-order valence-electron chi connectivity index (χ4n) is 6.68. The van der Waals surface area contributed by atoms with Gasteiger partial charge in [0, 0.05) is 82.5 Å². The molecule has 2 aromatic carbocycles. The van der Waals surface area contributed by atoms with Crippen molar-refractivity contribution in [3.8, 4) is 0 Å². The lowest BCUT2D eigenvalue weighted by atomic mass is 9.96. The number of carbonyl (C=O) groups is 4. The molecule has 1 atom stereocenters. The topological polar surface area (TPSA) is 207 Å². The number of hydrogen-bond acceptors (Lipinski definition) is 9. The van der Waals surface area contributed by atoms with Gasteiger partial charge in [-0.25, -0.2) is 0 Å². The first-order valence-electron chi connectivity index (χ1n) is 19.7. The lowest BCUT2D eigenvalue weighted by molar-refractivity contribution is -0.128. The first-order valence-corrected chi connectivity index (χ1v) is 21.2. The minimum Gasteiger partial charge on any atom is -0.354 e. The monoisotopic (exact) mass is 783 g/mol. The van der Waals surface area contributed by atoms with Gasteiger partial charge in [0.15, 0.2) is 0 Å². The molecular weight excluding hydrogens is 723 g/mol. The summed E-state index contributed by atoms with van der Waals surface area (Å²) in [7, 11) is -3.88. The largest absolute Gasteiger partial charge is 0.354 e. The number of nitrogens with one attached hydrogen (secondary N) is 6. The number of carbonyl (C=O) groups excluding carboxylic acids is 4. The molecule has 1 aliphatic heterocycles. The van der Waals surface area contributed by atoms with E-state index in [2.05, 4.69) is 40.5 Å². The third-order valence-corrected chi connectivity index (χ3v) is 11.1. The molecule has 16 heteroatoms. The molecule has 8 N–H and O–H groups in total. The maximum absolute atomic E-state index is 13.2. The number of amides is 4. The second-order valence-corrected chi connectivity index (χ2v) is 16.1. The van der Waals surface area contributed by atoms with Crippen LogP contribution in [0.1, 0.15) is 75.3 Å². The normalized spacial score (nSPS) is 16.3. The van der Waals surface area contributed by atoms with Crippen molar-refractivity contribution in [2.75, 3.05) is 69.5 Å². The van der Waals surface area contributed by atoms with Crippen LogP contribution in [0.15, 0.2) is 48.5 Å². The molecule has 1 saturated heterocycles. The lowest BCUT2D eigenvalue weighted by Gasteiger charge is -2.34. The third-order valence-electron chi connectivity index (χ3n) is 9.97.